The summed E-state index contributed by atoms with van der Waals surface area (Å²) in [6.45, 7) is 0.983. The molecule has 0 amide bonds. The number of benzene rings is 1. The van der Waals surface area contributed by atoms with Gasteiger partial charge in [0, 0.05) is 25.7 Å². The Hall–Kier alpha value is -2.08. The lowest BCUT2D eigenvalue weighted by molar-refractivity contribution is 0.0987. The summed E-state index contributed by atoms with van der Waals surface area (Å²) >= 11 is 0. The molecule has 0 spiro atoms. The lowest BCUT2D eigenvalue weighted by Gasteiger charge is -2.01. The van der Waals surface area contributed by atoms with Crippen molar-refractivity contribution >= 4 is 5.78 Å². The molecule has 0 bridgehead atoms. The van der Waals surface area contributed by atoms with Crippen LogP contribution in [-0.2, 0) is 13.0 Å². The molecule has 6 heteroatoms. The molecule has 0 fully saturated rings. The van der Waals surface area contributed by atoms with Gasteiger partial charge in [-0.15, -0.1) is 0 Å². The Morgan fingerprint density at radius 1 is 1.37 bits per heavy atom. The molecule has 0 aliphatic rings. The highest BCUT2D eigenvalue weighted by Crippen LogP contribution is 2.12. The third kappa shape index (κ3) is 3.23. The van der Waals surface area contributed by atoms with E-state index in [1.165, 1.54) is 6.33 Å². The third-order valence-electron chi connectivity index (χ3n) is 2.67. The zero-order valence-electron chi connectivity index (χ0n) is 10.1. The van der Waals surface area contributed by atoms with Crippen LogP contribution in [0.3, 0.4) is 0 Å². The van der Waals surface area contributed by atoms with Crippen LogP contribution in [0.5, 0.6) is 0 Å². The van der Waals surface area contributed by atoms with Crippen molar-refractivity contribution in [2.75, 3.05) is 6.54 Å². The zero-order valence-corrected chi connectivity index (χ0v) is 10.1. The van der Waals surface area contributed by atoms with Crippen molar-refractivity contribution in [1.29, 1.82) is 0 Å². The summed E-state index contributed by atoms with van der Waals surface area (Å²) in [4.78, 5) is 15.8. The standard InChI is InChI=1S/C13H13F2N3O/c14-10-1-2-11(15)9(5-10)6-13(19)12-7-18(4-3-16)8-17-12/h1-2,5,7-8H,3-4,6,16H2. The number of nitrogens with two attached hydrogens (primary N) is 1. The van der Waals surface area contributed by atoms with Crippen LogP contribution in [-0.4, -0.2) is 21.9 Å². The Bertz CT molecular complexity index is 595. The normalized spacial score (nSPS) is 10.7. The summed E-state index contributed by atoms with van der Waals surface area (Å²) in [6.07, 6.45) is 2.82. The number of hydrogen-bond donors (Lipinski definition) is 1. The van der Waals surface area contributed by atoms with Gasteiger partial charge in [0.15, 0.2) is 5.78 Å². The first kappa shape index (κ1) is 13.4. The molecule has 1 aromatic carbocycles. The van der Waals surface area contributed by atoms with Gasteiger partial charge in [-0.25, -0.2) is 13.8 Å². The second-order valence-electron chi connectivity index (χ2n) is 4.12. The fraction of sp³-hybridized carbons (Fsp3) is 0.231. The molecule has 0 aliphatic heterocycles. The summed E-state index contributed by atoms with van der Waals surface area (Å²) in [5.41, 5.74) is 5.63. The topological polar surface area (TPSA) is 60.9 Å². The molecular formula is C13H13F2N3O. The minimum absolute atomic E-state index is 0.0263. The number of carbonyl (C=O) groups excluding carboxylic acids is 1. The van der Waals surface area contributed by atoms with Crippen molar-refractivity contribution in [3.63, 3.8) is 0 Å². The summed E-state index contributed by atoms with van der Waals surface area (Å²) in [5.74, 6) is -1.53. The fourth-order valence-electron chi connectivity index (χ4n) is 1.72. The van der Waals surface area contributed by atoms with Gasteiger partial charge in [-0.1, -0.05) is 0 Å². The molecule has 0 radical (unpaired) electrons. The summed E-state index contributed by atoms with van der Waals surface area (Å²) in [6, 6.07) is 3.04. The maximum absolute atomic E-state index is 13.4. The molecular weight excluding hydrogens is 252 g/mol. The summed E-state index contributed by atoms with van der Waals surface area (Å²) in [5, 5.41) is 0. The predicted molar refractivity (Wildman–Crippen MR) is 65.7 cm³/mol. The van der Waals surface area contributed by atoms with Crippen molar-refractivity contribution in [3.05, 3.63) is 53.6 Å². The molecule has 2 N–H and O–H groups in total. The van der Waals surface area contributed by atoms with Crippen molar-refractivity contribution in [3.8, 4) is 0 Å². The van der Waals surface area contributed by atoms with E-state index in [1.54, 1.807) is 10.8 Å². The van der Waals surface area contributed by atoms with Crippen LogP contribution in [0.1, 0.15) is 16.1 Å². The monoisotopic (exact) mass is 265 g/mol. The molecule has 0 unspecified atom stereocenters. The number of imidazole rings is 1. The lowest BCUT2D eigenvalue weighted by Crippen LogP contribution is -2.09. The highest BCUT2D eigenvalue weighted by atomic mass is 19.1. The molecule has 0 saturated heterocycles. The Kier molecular flexibility index (Phi) is 4.01. The molecule has 100 valence electrons. The Labute approximate surface area is 108 Å². The predicted octanol–water partition coefficient (Wildman–Crippen LogP) is 1.55. The van der Waals surface area contributed by atoms with Crippen LogP contribution in [0.15, 0.2) is 30.7 Å². The first-order valence-electron chi connectivity index (χ1n) is 5.79. The molecule has 19 heavy (non-hydrogen) atoms. The van der Waals surface area contributed by atoms with E-state index in [0.29, 0.717) is 13.1 Å². The van der Waals surface area contributed by atoms with E-state index in [9.17, 15) is 13.6 Å². The molecule has 0 atom stereocenters. The Balaban J connectivity index is 2.13. The van der Waals surface area contributed by atoms with E-state index >= 15 is 0 Å². The van der Waals surface area contributed by atoms with Crippen LogP contribution < -0.4 is 5.73 Å². The van der Waals surface area contributed by atoms with E-state index in [-0.39, 0.29) is 23.5 Å². The molecule has 0 aliphatic carbocycles. The average Bonchev–Trinajstić information content (AvgIpc) is 2.83. The van der Waals surface area contributed by atoms with Crippen LogP contribution in [0.2, 0.25) is 0 Å². The SMILES string of the molecule is NCCn1cnc(C(=O)Cc2cc(F)ccc2F)c1. The van der Waals surface area contributed by atoms with Gasteiger partial charge < -0.3 is 10.3 Å². The number of rotatable bonds is 5. The maximum atomic E-state index is 13.4. The number of ketones is 1. The van der Waals surface area contributed by atoms with E-state index in [0.717, 1.165) is 18.2 Å². The van der Waals surface area contributed by atoms with E-state index in [2.05, 4.69) is 4.98 Å². The van der Waals surface area contributed by atoms with E-state index < -0.39 is 11.6 Å². The molecule has 0 saturated carbocycles. The van der Waals surface area contributed by atoms with Crippen LogP contribution in [0.25, 0.3) is 0 Å². The third-order valence-corrected chi connectivity index (χ3v) is 2.67. The van der Waals surface area contributed by atoms with Gasteiger partial charge in [0.05, 0.1) is 6.33 Å². The number of carbonyl (C=O) groups is 1. The minimum atomic E-state index is -0.601. The molecule has 1 heterocycles. The van der Waals surface area contributed by atoms with Gasteiger partial charge in [0.25, 0.3) is 0 Å². The highest BCUT2D eigenvalue weighted by molar-refractivity contribution is 5.95. The molecule has 4 nitrogen and oxygen atoms in total. The van der Waals surface area contributed by atoms with Crippen molar-refractivity contribution < 1.29 is 13.6 Å². The summed E-state index contributed by atoms with van der Waals surface area (Å²) < 4.78 is 28.1. The second kappa shape index (κ2) is 5.71. The number of halogens is 2. The largest absolute Gasteiger partial charge is 0.335 e. The average molecular weight is 265 g/mol. The lowest BCUT2D eigenvalue weighted by atomic mass is 10.1. The van der Waals surface area contributed by atoms with Gasteiger partial charge in [0.1, 0.15) is 17.3 Å². The second-order valence-corrected chi connectivity index (χ2v) is 4.12. The van der Waals surface area contributed by atoms with Gasteiger partial charge in [-0.05, 0) is 23.8 Å². The van der Waals surface area contributed by atoms with Crippen molar-refractivity contribution in [1.82, 2.24) is 9.55 Å². The Morgan fingerprint density at radius 3 is 2.89 bits per heavy atom. The first-order chi connectivity index (χ1) is 9.10. The fourth-order valence-corrected chi connectivity index (χ4v) is 1.72. The molecule has 1 aromatic heterocycles. The van der Waals surface area contributed by atoms with Crippen molar-refractivity contribution in [2.45, 2.75) is 13.0 Å². The van der Waals surface area contributed by atoms with E-state index in [1.807, 2.05) is 0 Å². The smallest absolute Gasteiger partial charge is 0.187 e. The zero-order chi connectivity index (χ0) is 13.8. The summed E-state index contributed by atoms with van der Waals surface area (Å²) in [7, 11) is 0. The number of hydrogen-bond acceptors (Lipinski definition) is 3. The number of aromatic nitrogens is 2. The van der Waals surface area contributed by atoms with Crippen LogP contribution in [0.4, 0.5) is 8.78 Å². The minimum Gasteiger partial charge on any atom is -0.335 e. The molecule has 2 rings (SSSR count). The van der Waals surface area contributed by atoms with Crippen LogP contribution >= 0.6 is 0 Å². The van der Waals surface area contributed by atoms with Gasteiger partial charge in [0.2, 0.25) is 0 Å². The highest BCUT2D eigenvalue weighted by Gasteiger charge is 2.13. The number of Topliss-reactive ketones (excluding diaryl/α,β-unsaturated/α-hetero) is 1. The van der Waals surface area contributed by atoms with Gasteiger partial charge in [-0.2, -0.15) is 0 Å². The van der Waals surface area contributed by atoms with Crippen LogP contribution in [0, 0.1) is 11.6 Å². The molecule has 2 aromatic rings. The van der Waals surface area contributed by atoms with Crippen molar-refractivity contribution in [2.24, 2.45) is 5.73 Å². The quantitative estimate of drug-likeness (QED) is 0.834. The Morgan fingerprint density at radius 2 is 2.16 bits per heavy atom. The first-order valence-corrected chi connectivity index (χ1v) is 5.79. The van der Waals surface area contributed by atoms with E-state index in [4.69, 9.17) is 5.73 Å². The van der Waals surface area contributed by atoms with Gasteiger partial charge >= 0.3 is 0 Å². The number of nitrogens with zero attached hydrogens (tertiary/aromatic N) is 2. The van der Waals surface area contributed by atoms with Gasteiger partial charge in [-0.3, -0.25) is 4.79 Å². The maximum Gasteiger partial charge on any atom is 0.187 e.